The van der Waals surface area contributed by atoms with Crippen molar-refractivity contribution in [3.8, 4) is 0 Å². The molecule has 262 valence electrons. The van der Waals surface area contributed by atoms with Crippen LogP contribution in [0.2, 0.25) is 0 Å². The number of rotatable bonds is 11. The molecule has 3 saturated carbocycles. The summed E-state index contributed by atoms with van der Waals surface area (Å²) in [6.45, 7) is 20.0. The molecule has 0 aromatic carbocycles. The van der Waals surface area contributed by atoms with E-state index < -0.39 is 18.0 Å². The molecule has 1 saturated heterocycles. The first-order valence-electron chi connectivity index (χ1n) is 17.9. The number of hydrogen-bond acceptors (Lipinski definition) is 8. The Morgan fingerprint density at radius 2 is 1.83 bits per heavy atom. The summed E-state index contributed by atoms with van der Waals surface area (Å²) in [5, 5.41) is 23.4. The smallest absolute Gasteiger partial charge is 0.307 e. The van der Waals surface area contributed by atoms with Gasteiger partial charge >= 0.3 is 11.9 Å². The molecule has 9 nitrogen and oxygen atoms in total. The Balaban J connectivity index is 1.50. The minimum Gasteiger partial charge on any atom is -0.481 e. The van der Waals surface area contributed by atoms with Gasteiger partial charge in [-0.15, -0.1) is 0 Å². The number of carbonyl (C=O) groups excluding carboxylic acids is 1. The molecule has 5 rings (SSSR count). The molecule has 12 atom stereocenters. The molecule has 1 heterocycles. The van der Waals surface area contributed by atoms with E-state index in [4.69, 9.17) is 19.9 Å². The normalized spacial score (nSPS) is 44.7. The van der Waals surface area contributed by atoms with E-state index in [1.54, 1.807) is 0 Å². The van der Waals surface area contributed by atoms with Crippen LogP contribution >= 0.6 is 0 Å². The van der Waals surface area contributed by atoms with Gasteiger partial charge in [-0.2, -0.15) is 0 Å². The number of aliphatic hydroxyl groups is 1. The number of aliphatic hydroxyl groups excluding tert-OH is 1. The lowest BCUT2D eigenvalue weighted by Gasteiger charge is -2.71. The monoisotopic (exact) mass is 646 g/mol. The minimum atomic E-state index is -0.652. The second-order valence-corrected chi connectivity index (χ2v) is 17.1. The molecule has 0 aromatic rings. The molecule has 2 unspecified atom stereocenters. The van der Waals surface area contributed by atoms with Crippen molar-refractivity contribution in [1.82, 2.24) is 5.32 Å². The van der Waals surface area contributed by atoms with Crippen molar-refractivity contribution in [2.75, 3.05) is 39.5 Å². The lowest BCUT2D eigenvalue weighted by atomic mass is 9.34. The Labute approximate surface area is 276 Å². The topological polar surface area (TPSA) is 140 Å². The zero-order valence-corrected chi connectivity index (χ0v) is 29.7. The highest BCUT2D eigenvalue weighted by Gasteiger charge is 2.72. The van der Waals surface area contributed by atoms with Gasteiger partial charge in [0, 0.05) is 36.9 Å². The van der Waals surface area contributed by atoms with E-state index in [1.807, 2.05) is 0 Å². The third-order valence-electron chi connectivity index (χ3n) is 14.6. The Kier molecular flexibility index (Phi) is 9.91. The van der Waals surface area contributed by atoms with Crippen LogP contribution in [-0.2, 0) is 23.8 Å². The molecule has 4 aliphatic carbocycles. The molecule has 0 aromatic heterocycles. The number of carboxylic acids is 1. The molecule has 4 fully saturated rings. The predicted octanol–water partition coefficient (Wildman–Crippen LogP) is 4.80. The van der Waals surface area contributed by atoms with E-state index in [9.17, 15) is 19.8 Å². The number of allylic oxidation sites excluding steroid dienone is 1. The molecule has 5 aliphatic rings. The second kappa shape index (κ2) is 12.7. The SMILES string of the molecule is CC(=O)O[C@@H]1C[C@@]23COCC(C)(C2CC[C@H]2C3=CC[C@@]3(C)[C@H](C(=O)O)[C@@](C)([C@H](C)C(C)C)CC[C@]23C)[C@H]1OCCNC[C@@H](N)CO. The number of carboxylic acid groups (broad SMARTS) is 1. The molecule has 0 amide bonds. The summed E-state index contributed by atoms with van der Waals surface area (Å²) in [6, 6.07) is -0.321. The summed E-state index contributed by atoms with van der Waals surface area (Å²) >= 11 is 0. The quantitative estimate of drug-likeness (QED) is 0.142. The van der Waals surface area contributed by atoms with Crippen molar-refractivity contribution >= 4 is 11.9 Å². The summed E-state index contributed by atoms with van der Waals surface area (Å²) < 4.78 is 19.3. The predicted molar refractivity (Wildman–Crippen MR) is 177 cm³/mol. The van der Waals surface area contributed by atoms with E-state index in [0.29, 0.717) is 57.1 Å². The Bertz CT molecular complexity index is 1190. The van der Waals surface area contributed by atoms with E-state index in [2.05, 4.69) is 59.9 Å². The highest BCUT2D eigenvalue weighted by molar-refractivity contribution is 5.73. The van der Waals surface area contributed by atoms with E-state index in [-0.39, 0.29) is 57.7 Å². The largest absolute Gasteiger partial charge is 0.481 e. The number of fused-ring (bicyclic) bond motifs is 3. The van der Waals surface area contributed by atoms with Crippen molar-refractivity contribution in [3.05, 3.63) is 11.6 Å². The number of carbonyl (C=O) groups is 2. The van der Waals surface area contributed by atoms with Crippen LogP contribution in [0.4, 0.5) is 0 Å². The van der Waals surface area contributed by atoms with Crippen LogP contribution in [0.25, 0.3) is 0 Å². The van der Waals surface area contributed by atoms with Gasteiger partial charge in [0.25, 0.3) is 0 Å². The van der Waals surface area contributed by atoms with Crippen LogP contribution in [0, 0.1) is 56.7 Å². The molecule has 1 aliphatic heterocycles. The summed E-state index contributed by atoms with van der Waals surface area (Å²) in [4.78, 5) is 25.9. The van der Waals surface area contributed by atoms with Gasteiger partial charge in [0.15, 0.2) is 0 Å². The summed E-state index contributed by atoms with van der Waals surface area (Å²) in [6.07, 6.45) is 7.05. The maximum Gasteiger partial charge on any atom is 0.307 e. The van der Waals surface area contributed by atoms with Crippen molar-refractivity contribution < 1.29 is 34.0 Å². The molecular weight excluding hydrogens is 584 g/mol. The van der Waals surface area contributed by atoms with Crippen LogP contribution in [0.1, 0.15) is 93.9 Å². The summed E-state index contributed by atoms with van der Waals surface area (Å²) in [5.74, 6) is -0.125. The highest BCUT2D eigenvalue weighted by Crippen LogP contribution is 2.75. The second-order valence-electron chi connectivity index (χ2n) is 17.1. The number of nitrogens with one attached hydrogen (secondary N) is 1. The van der Waals surface area contributed by atoms with Crippen LogP contribution < -0.4 is 11.1 Å². The zero-order valence-electron chi connectivity index (χ0n) is 29.7. The Morgan fingerprint density at radius 1 is 1.11 bits per heavy atom. The third-order valence-corrected chi connectivity index (χ3v) is 14.6. The van der Waals surface area contributed by atoms with Crippen LogP contribution in [0.15, 0.2) is 11.6 Å². The van der Waals surface area contributed by atoms with Gasteiger partial charge in [0.2, 0.25) is 0 Å². The van der Waals surface area contributed by atoms with E-state index >= 15 is 0 Å². The number of esters is 1. The van der Waals surface area contributed by atoms with Crippen LogP contribution in [-0.4, -0.2) is 79.9 Å². The number of ether oxygens (including phenoxy) is 3. The van der Waals surface area contributed by atoms with Crippen molar-refractivity contribution in [1.29, 1.82) is 0 Å². The number of hydrogen-bond donors (Lipinski definition) is 4. The first kappa shape index (κ1) is 35.8. The summed E-state index contributed by atoms with van der Waals surface area (Å²) in [5.41, 5.74) is 5.80. The summed E-state index contributed by atoms with van der Waals surface area (Å²) in [7, 11) is 0. The molecular formula is C37H62N2O7. The first-order valence-corrected chi connectivity index (χ1v) is 17.9. The van der Waals surface area contributed by atoms with Crippen molar-refractivity contribution in [2.24, 2.45) is 62.4 Å². The average molecular weight is 647 g/mol. The fourth-order valence-corrected chi connectivity index (χ4v) is 11.8. The number of aliphatic carboxylic acids is 1. The molecule has 9 heteroatoms. The molecule has 2 bridgehead atoms. The van der Waals surface area contributed by atoms with Crippen LogP contribution in [0.3, 0.4) is 0 Å². The van der Waals surface area contributed by atoms with Gasteiger partial charge in [-0.1, -0.05) is 60.1 Å². The molecule has 46 heavy (non-hydrogen) atoms. The lowest BCUT2D eigenvalue weighted by Crippen LogP contribution is -2.70. The average Bonchev–Trinajstić information content (AvgIpc) is 2.97. The fraction of sp³-hybridized carbons (Fsp3) is 0.892. The van der Waals surface area contributed by atoms with E-state index in [0.717, 1.165) is 32.1 Å². The Hall–Kier alpha value is -1.52. The van der Waals surface area contributed by atoms with Gasteiger partial charge in [-0.05, 0) is 78.4 Å². The number of nitrogens with two attached hydrogens (primary N) is 1. The van der Waals surface area contributed by atoms with Crippen molar-refractivity contribution in [3.63, 3.8) is 0 Å². The zero-order chi connectivity index (χ0) is 33.9. The first-order chi connectivity index (χ1) is 21.5. The van der Waals surface area contributed by atoms with Gasteiger partial charge in [-0.25, -0.2) is 0 Å². The minimum absolute atomic E-state index is 0.0768. The van der Waals surface area contributed by atoms with Crippen molar-refractivity contribution in [2.45, 2.75) is 112 Å². The maximum atomic E-state index is 13.3. The van der Waals surface area contributed by atoms with Gasteiger partial charge in [0.1, 0.15) is 12.2 Å². The van der Waals surface area contributed by atoms with Gasteiger partial charge in [0.05, 0.1) is 32.3 Å². The maximum absolute atomic E-state index is 13.3. The fourth-order valence-electron chi connectivity index (χ4n) is 11.8. The Morgan fingerprint density at radius 3 is 2.46 bits per heavy atom. The molecule has 5 N–H and O–H groups in total. The van der Waals surface area contributed by atoms with Crippen LogP contribution in [0.5, 0.6) is 0 Å². The van der Waals surface area contributed by atoms with E-state index in [1.165, 1.54) is 12.5 Å². The van der Waals surface area contributed by atoms with Gasteiger partial charge < -0.3 is 35.5 Å². The third kappa shape index (κ3) is 5.39. The lowest BCUT2D eigenvalue weighted by molar-refractivity contribution is -0.266. The molecule has 0 radical (unpaired) electrons. The highest BCUT2D eigenvalue weighted by atomic mass is 16.6. The van der Waals surface area contributed by atoms with Gasteiger partial charge in [-0.3, -0.25) is 9.59 Å². The molecule has 0 spiro atoms. The standard InChI is InChI=1S/C37H62N2O7/c1-22(2)23(3)33(5)13-14-35(7)26-9-10-29-34(6)20-44-21-37(29,27(26)11-12-36(35,8)30(33)32(42)43)17-28(46-24(4)41)31(34)45-16-15-39-18-25(38)19-40/h11,22-23,25-26,28-31,39-40H,9-10,12-21,38H2,1-8H3,(H,42,43)/t23-,25-,26+,28-,29?,30-,31+,33-,34?,35-,36+,37+/m1/s1.